The number of carbonyl (C=O) groups is 2. The molecule has 23 heavy (non-hydrogen) atoms. The minimum absolute atomic E-state index is 0.170. The standard InChI is InChI=1S/C19H21NO3/c1-13-8-14(2)10-17(9-13)20-18(21)12-23-19(22)11-16-7-5-4-6-15(16)3/h4-10H,11-12H2,1-3H3,(H,20,21). The van der Waals surface area contributed by atoms with Crippen LogP contribution in [0.1, 0.15) is 22.3 Å². The van der Waals surface area contributed by atoms with Gasteiger partial charge in [0.15, 0.2) is 6.61 Å². The Morgan fingerprint density at radius 1 is 1.00 bits per heavy atom. The fourth-order valence-corrected chi connectivity index (χ4v) is 2.40. The summed E-state index contributed by atoms with van der Waals surface area (Å²) in [5.41, 5.74) is 4.78. The van der Waals surface area contributed by atoms with E-state index < -0.39 is 5.97 Å². The van der Waals surface area contributed by atoms with Gasteiger partial charge in [-0.25, -0.2) is 0 Å². The maximum atomic E-state index is 11.9. The summed E-state index contributed by atoms with van der Waals surface area (Å²) >= 11 is 0. The number of esters is 1. The highest BCUT2D eigenvalue weighted by atomic mass is 16.5. The number of anilines is 1. The third-order valence-electron chi connectivity index (χ3n) is 3.47. The van der Waals surface area contributed by atoms with E-state index in [1.807, 2.05) is 63.2 Å². The Morgan fingerprint density at radius 3 is 2.30 bits per heavy atom. The molecule has 0 spiro atoms. The van der Waals surface area contributed by atoms with Gasteiger partial charge in [-0.05, 0) is 55.2 Å². The molecule has 0 fully saturated rings. The Morgan fingerprint density at radius 2 is 1.65 bits per heavy atom. The van der Waals surface area contributed by atoms with Crippen molar-refractivity contribution >= 4 is 17.6 Å². The average Bonchev–Trinajstić information content (AvgIpc) is 2.46. The molecule has 2 rings (SSSR count). The van der Waals surface area contributed by atoms with E-state index in [1.54, 1.807) is 0 Å². The first-order valence-electron chi connectivity index (χ1n) is 7.52. The van der Waals surface area contributed by atoms with E-state index in [1.165, 1.54) is 0 Å². The van der Waals surface area contributed by atoms with Crippen LogP contribution in [-0.2, 0) is 20.7 Å². The van der Waals surface area contributed by atoms with Crippen LogP contribution in [0, 0.1) is 20.8 Å². The fraction of sp³-hybridized carbons (Fsp3) is 0.263. The van der Waals surface area contributed by atoms with Gasteiger partial charge in [-0.2, -0.15) is 0 Å². The van der Waals surface area contributed by atoms with Crippen molar-refractivity contribution in [1.82, 2.24) is 0 Å². The molecule has 4 heteroatoms. The van der Waals surface area contributed by atoms with E-state index >= 15 is 0 Å². The summed E-state index contributed by atoms with van der Waals surface area (Å²) < 4.78 is 5.04. The predicted octanol–water partition coefficient (Wildman–Crippen LogP) is 3.34. The van der Waals surface area contributed by atoms with Crippen LogP contribution in [0.15, 0.2) is 42.5 Å². The van der Waals surface area contributed by atoms with Crippen LogP contribution in [0.2, 0.25) is 0 Å². The average molecular weight is 311 g/mol. The predicted molar refractivity (Wildman–Crippen MR) is 90.4 cm³/mol. The van der Waals surface area contributed by atoms with E-state index in [0.717, 1.165) is 22.3 Å². The minimum atomic E-state index is -0.408. The largest absolute Gasteiger partial charge is 0.455 e. The molecule has 2 aromatic rings. The van der Waals surface area contributed by atoms with Crippen LogP contribution >= 0.6 is 0 Å². The van der Waals surface area contributed by atoms with Gasteiger partial charge in [0.25, 0.3) is 5.91 Å². The van der Waals surface area contributed by atoms with Crippen LogP contribution in [0.5, 0.6) is 0 Å². The van der Waals surface area contributed by atoms with Crippen molar-refractivity contribution in [1.29, 1.82) is 0 Å². The molecule has 0 aromatic heterocycles. The lowest BCUT2D eigenvalue weighted by molar-refractivity contribution is -0.146. The number of ether oxygens (including phenoxy) is 1. The van der Waals surface area contributed by atoms with E-state index in [9.17, 15) is 9.59 Å². The van der Waals surface area contributed by atoms with Gasteiger partial charge >= 0.3 is 5.97 Å². The summed E-state index contributed by atoms with van der Waals surface area (Å²) in [6.45, 7) is 5.59. The summed E-state index contributed by atoms with van der Waals surface area (Å²) in [4.78, 5) is 23.7. The van der Waals surface area contributed by atoms with Crippen LogP contribution in [-0.4, -0.2) is 18.5 Å². The Bertz CT molecular complexity index is 702. The van der Waals surface area contributed by atoms with E-state index in [4.69, 9.17) is 4.74 Å². The summed E-state index contributed by atoms with van der Waals surface area (Å²) in [5, 5.41) is 2.74. The van der Waals surface area contributed by atoms with Gasteiger partial charge in [-0.1, -0.05) is 30.3 Å². The molecule has 0 aliphatic heterocycles. The normalized spacial score (nSPS) is 10.2. The third kappa shape index (κ3) is 5.25. The second kappa shape index (κ2) is 7.58. The summed E-state index contributed by atoms with van der Waals surface area (Å²) in [6.07, 6.45) is 0.170. The number of rotatable bonds is 5. The SMILES string of the molecule is Cc1cc(C)cc(NC(=O)COC(=O)Cc2ccccc2C)c1. The van der Waals surface area contributed by atoms with Gasteiger partial charge < -0.3 is 10.1 Å². The summed E-state index contributed by atoms with van der Waals surface area (Å²) in [6, 6.07) is 13.4. The molecule has 0 atom stereocenters. The highest BCUT2D eigenvalue weighted by Gasteiger charge is 2.10. The topological polar surface area (TPSA) is 55.4 Å². The highest BCUT2D eigenvalue weighted by Crippen LogP contribution is 2.13. The third-order valence-corrected chi connectivity index (χ3v) is 3.47. The van der Waals surface area contributed by atoms with E-state index in [2.05, 4.69) is 5.32 Å². The lowest BCUT2D eigenvalue weighted by atomic mass is 10.1. The number of hydrogen-bond acceptors (Lipinski definition) is 3. The molecule has 0 aliphatic rings. The number of aryl methyl sites for hydroxylation is 3. The minimum Gasteiger partial charge on any atom is -0.455 e. The molecule has 0 unspecified atom stereocenters. The van der Waals surface area contributed by atoms with E-state index in [-0.39, 0.29) is 18.9 Å². The Balaban J connectivity index is 1.84. The van der Waals surface area contributed by atoms with Gasteiger partial charge in [0.05, 0.1) is 6.42 Å². The zero-order chi connectivity index (χ0) is 16.8. The van der Waals surface area contributed by atoms with Crippen molar-refractivity contribution in [2.45, 2.75) is 27.2 Å². The van der Waals surface area contributed by atoms with Crippen molar-refractivity contribution in [2.75, 3.05) is 11.9 Å². The maximum absolute atomic E-state index is 11.9. The lowest BCUT2D eigenvalue weighted by Gasteiger charge is -2.09. The number of hydrogen-bond donors (Lipinski definition) is 1. The van der Waals surface area contributed by atoms with E-state index in [0.29, 0.717) is 5.69 Å². The van der Waals surface area contributed by atoms with Gasteiger partial charge in [-0.3, -0.25) is 9.59 Å². The first-order valence-corrected chi connectivity index (χ1v) is 7.52. The number of amides is 1. The van der Waals surface area contributed by atoms with Gasteiger partial charge in [0.2, 0.25) is 0 Å². The summed E-state index contributed by atoms with van der Waals surface area (Å²) in [5.74, 6) is -0.747. The molecular weight excluding hydrogens is 290 g/mol. The molecule has 1 amide bonds. The van der Waals surface area contributed by atoms with Crippen molar-refractivity contribution < 1.29 is 14.3 Å². The van der Waals surface area contributed by atoms with Crippen molar-refractivity contribution in [3.8, 4) is 0 Å². The lowest BCUT2D eigenvalue weighted by Crippen LogP contribution is -2.21. The second-order valence-corrected chi connectivity index (χ2v) is 5.69. The zero-order valence-corrected chi connectivity index (χ0v) is 13.7. The Hall–Kier alpha value is -2.62. The van der Waals surface area contributed by atoms with Crippen LogP contribution in [0.4, 0.5) is 5.69 Å². The molecule has 2 aromatic carbocycles. The monoisotopic (exact) mass is 311 g/mol. The first-order chi connectivity index (χ1) is 10.9. The van der Waals surface area contributed by atoms with Crippen LogP contribution in [0.25, 0.3) is 0 Å². The molecule has 0 saturated heterocycles. The number of benzene rings is 2. The number of carbonyl (C=O) groups excluding carboxylic acids is 2. The first kappa shape index (κ1) is 16.7. The zero-order valence-electron chi connectivity index (χ0n) is 13.7. The quantitative estimate of drug-likeness (QED) is 0.862. The molecule has 0 bridgehead atoms. The maximum Gasteiger partial charge on any atom is 0.310 e. The molecule has 0 aliphatic carbocycles. The molecule has 0 heterocycles. The van der Waals surface area contributed by atoms with Gasteiger partial charge in [0.1, 0.15) is 0 Å². The second-order valence-electron chi connectivity index (χ2n) is 5.69. The smallest absolute Gasteiger partial charge is 0.310 e. The van der Waals surface area contributed by atoms with Gasteiger partial charge in [-0.15, -0.1) is 0 Å². The summed E-state index contributed by atoms with van der Waals surface area (Å²) in [7, 11) is 0. The molecule has 1 N–H and O–H groups in total. The fourth-order valence-electron chi connectivity index (χ4n) is 2.40. The Kier molecular flexibility index (Phi) is 5.52. The van der Waals surface area contributed by atoms with Gasteiger partial charge in [0, 0.05) is 5.69 Å². The molecule has 0 saturated carbocycles. The molecular formula is C19H21NO3. The molecule has 0 radical (unpaired) electrons. The van der Waals surface area contributed by atoms with Crippen LogP contribution < -0.4 is 5.32 Å². The van der Waals surface area contributed by atoms with Crippen molar-refractivity contribution in [3.63, 3.8) is 0 Å². The van der Waals surface area contributed by atoms with Crippen LogP contribution in [0.3, 0.4) is 0 Å². The molecule has 120 valence electrons. The van der Waals surface area contributed by atoms with Crippen molar-refractivity contribution in [2.24, 2.45) is 0 Å². The Labute approximate surface area is 136 Å². The molecule has 4 nitrogen and oxygen atoms in total. The number of nitrogens with one attached hydrogen (secondary N) is 1. The highest BCUT2D eigenvalue weighted by molar-refractivity contribution is 5.93. The van der Waals surface area contributed by atoms with Crippen molar-refractivity contribution in [3.05, 3.63) is 64.7 Å².